The molecular formula is C24H27FN4O4S. The highest BCUT2D eigenvalue weighted by molar-refractivity contribution is 7.20. The van der Waals surface area contributed by atoms with Crippen molar-refractivity contribution in [3.05, 3.63) is 40.8 Å². The zero-order valence-corrected chi connectivity index (χ0v) is 19.9. The number of fused-ring (bicyclic) bond motifs is 1. The van der Waals surface area contributed by atoms with Crippen molar-refractivity contribution in [2.24, 2.45) is 0 Å². The van der Waals surface area contributed by atoms with Gasteiger partial charge in [0.15, 0.2) is 0 Å². The van der Waals surface area contributed by atoms with Crippen LogP contribution in [0.15, 0.2) is 24.5 Å². The summed E-state index contributed by atoms with van der Waals surface area (Å²) in [5.41, 5.74) is 1.31. The third kappa shape index (κ3) is 5.34. The third-order valence-corrected chi connectivity index (χ3v) is 7.12. The monoisotopic (exact) mass is 486 g/mol. The van der Waals surface area contributed by atoms with Crippen molar-refractivity contribution in [3.8, 4) is 5.75 Å². The van der Waals surface area contributed by atoms with Crippen LogP contribution in [0.5, 0.6) is 5.75 Å². The fourth-order valence-corrected chi connectivity index (χ4v) is 5.16. The van der Waals surface area contributed by atoms with Crippen molar-refractivity contribution < 1.29 is 23.5 Å². The lowest BCUT2D eigenvalue weighted by Crippen LogP contribution is -2.27. The number of ether oxygens (including phenoxy) is 2. The molecule has 1 amide bonds. The first kappa shape index (κ1) is 24.0. The van der Waals surface area contributed by atoms with Gasteiger partial charge in [0.2, 0.25) is 0 Å². The number of thiophene rings is 1. The number of nitrogens with one attached hydrogen (secondary N) is 2. The summed E-state index contributed by atoms with van der Waals surface area (Å²) in [6.07, 6.45) is 6.12. The molecule has 0 unspecified atom stereocenters. The second kappa shape index (κ2) is 10.9. The standard InChI is InChI=1S/C24H27FN4O4S/c1-14-20-22(27-13-28-24(20)34-21(14)23(31)26-10-3-11-30)29-18-9-4-15(25)12-19(18)33-17-7-5-16(32-2)6-8-17/h4,9,11-13,16-17H,3,5-8,10H2,1-2H3,(H,26,31)(H,27,28,29)/t16-,17-. The van der Waals surface area contributed by atoms with Gasteiger partial charge in [0.05, 0.1) is 28.2 Å². The van der Waals surface area contributed by atoms with Crippen LogP contribution in [0.25, 0.3) is 10.2 Å². The summed E-state index contributed by atoms with van der Waals surface area (Å²) in [5.74, 6) is 0.267. The van der Waals surface area contributed by atoms with Crippen LogP contribution in [0.3, 0.4) is 0 Å². The van der Waals surface area contributed by atoms with E-state index in [-0.39, 0.29) is 36.9 Å². The minimum Gasteiger partial charge on any atom is -0.488 e. The lowest BCUT2D eigenvalue weighted by molar-refractivity contribution is -0.107. The number of hydrogen-bond donors (Lipinski definition) is 2. The summed E-state index contributed by atoms with van der Waals surface area (Å²) < 4.78 is 25.7. The Morgan fingerprint density at radius 1 is 1.24 bits per heavy atom. The van der Waals surface area contributed by atoms with E-state index in [1.54, 1.807) is 13.2 Å². The zero-order chi connectivity index (χ0) is 24.1. The van der Waals surface area contributed by atoms with E-state index >= 15 is 0 Å². The van der Waals surface area contributed by atoms with Gasteiger partial charge in [-0.05, 0) is 50.3 Å². The summed E-state index contributed by atoms with van der Waals surface area (Å²) >= 11 is 1.26. The van der Waals surface area contributed by atoms with E-state index in [1.807, 2.05) is 6.92 Å². The van der Waals surface area contributed by atoms with Crippen LogP contribution in [0.1, 0.15) is 47.3 Å². The number of halogens is 1. The molecule has 180 valence electrons. The molecule has 1 fully saturated rings. The number of aldehydes is 1. The SMILES string of the molecule is CO[C@H]1CC[C@H](Oc2cc(F)ccc2Nc2ncnc3sc(C(=O)NCCC=O)c(C)c23)CC1. The maximum atomic E-state index is 14.1. The number of carbonyl (C=O) groups is 2. The lowest BCUT2D eigenvalue weighted by atomic mass is 9.95. The molecule has 2 heterocycles. The Balaban J connectivity index is 1.59. The average Bonchev–Trinajstić information content (AvgIpc) is 3.19. The molecule has 34 heavy (non-hydrogen) atoms. The quantitative estimate of drug-likeness (QED) is 0.338. The van der Waals surface area contributed by atoms with Gasteiger partial charge in [0, 0.05) is 26.1 Å². The summed E-state index contributed by atoms with van der Waals surface area (Å²) in [7, 11) is 1.72. The largest absolute Gasteiger partial charge is 0.488 e. The summed E-state index contributed by atoms with van der Waals surface area (Å²) in [6.45, 7) is 2.10. The fourth-order valence-electron chi connectivity index (χ4n) is 4.10. The lowest BCUT2D eigenvalue weighted by Gasteiger charge is -2.28. The first-order valence-corrected chi connectivity index (χ1v) is 12.0. The first-order valence-electron chi connectivity index (χ1n) is 11.2. The van der Waals surface area contributed by atoms with Crippen LogP contribution in [0.4, 0.5) is 15.9 Å². The highest BCUT2D eigenvalue weighted by atomic mass is 32.1. The van der Waals surface area contributed by atoms with Crippen molar-refractivity contribution in [2.75, 3.05) is 19.0 Å². The molecule has 3 aromatic rings. The minimum atomic E-state index is -0.389. The van der Waals surface area contributed by atoms with Crippen molar-refractivity contribution in [1.29, 1.82) is 0 Å². The Morgan fingerprint density at radius 3 is 2.74 bits per heavy atom. The van der Waals surface area contributed by atoms with Gasteiger partial charge in [0.25, 0.3) is 5.91 Å². The van der Waals surface area contributed by atoms with Gasteiger partial charge < -0.3 is 24.9 Å². The highest BCUT2D eigenvalue weighted by Gasteiger charge is 2.24. The Bertz CT molecular complexity index is 1180. The van der Waals surface area contributed by atoms with Gasteiger partial charge in [0.1, 0.15) is 34.8 Å². The van der Waals surface area contributed by atoms with E-state index in [1.165, 1.54) is 29.8 Å². The number of nitrogens with zero attached hydrogens (tertiary/aromatic N) is 2. The average molecular weight is 487 g/mol. The molecule has 0 aliphatic heterocycles. The zero-order valence-electron chi connectivity index (χ0n) is 19.1. The van der Waals surface area contributed by atoms with Gasteiger partial charge in [-0.25, -0.2) is 14.4 Å². The fraction of sp³-hybridized carbons (Fsp3) is 0.417. The summed E-state index contributed by atoms with van der Waals surface area (Å²) in [4.78, 5) is 33.0. The van der Waals surface area contributed by atoms with Gasteiger partial charge >= 0.3 is 0 Å². The van der Waals surface area contributed by atoms with E-state index < -0.39 is 0 Å². The van der Waals surface area contributed by atoms with Crippen LogP contribution in [0, 0.1) is 12.7 Å². The van der Waals surface area contributed by atoms with E-state index in [0.29, 0.717) is 32.3 Å². The summed E-state index contributed by atoms with van der Waals surface area (Å²) in [6, 6.07) is 4.35. The first-order chi connectivity index (χ1) is 16.5. The Kier molecular flexibility index (Phi) is 7.69. The molecule has 2 aromatic heterocycles. The molecule has 1 aliphatic carbocycles. The second-order valence-electron chi connectivity index (χ2n) is 8.19. The number of rotatable bonds is 9. The number of carbonyl (C=O) groups excluding carboxylic acids is 2. The molecule has 0 spiro atoms. The highest BCUT2D eigenvalue weighted by Crippen LogP contribution is 2.37. The third-order valence-electron chi connectivity index (χ3n) is 5.93. The Hall–Kier alpha value is -3.11. The van der Waals surface area contributed by atoms with Crippen molar-refractivity contribution in [2.45, 2.75) is 51.2 Å². The van der Waals surface area contributed by atoms with Gasteiger partial charge in [-0.15, -0.1) is 11.3 Å². The molecular weight excluding hydrogens is 459 g/mol. The molecule has 4 rings (SSSR count). The molecule has 0 atom stereocenters. The number of methoxy groups -OCH3 is 1. The number of amides is 1. The van der Waals surface area contributed by atoms with Crippen LogP contribution < -0.4 is 15.4 Å². The molecule has 1 aromatic carbocycles. The molecule has 0 bridgehead atoms. The van der Waals surface area contributed by atoms with Crippen LogP contribution >= 0.6 is 11.3 Å². The molecule has 1 saturated carbocycles. The van der Waals surface area contributed by atoms with Crippen molar-refractivity contribution >= 4 is 45.3 Å². The molecule has 0 saturated heterocycles. The van der Waals surface area contributed by atoms with Gasteiger partial charge in [-0.1, -0.05) is 0 Å². The van der Waals surface area contributed by atoms with E-state index in [9.17, 15) is 14.0 Å². The number of anilines is 2. The van der Waals surface area contributed by atoms with E-state index in [0.717, 1.165) is 37.5 Å². The Morgan fingerprint density at radius 2 is 2.00 bits per heavy atom. The predicted molar refractivity (Wildman–Crippen MR) is 129 cm³/mol. The molecule has 2 N–H and O–H groups in total. The molecule has 8 nitrogen and oxygen atoms in total. The molecule has 1 aliphatic rings. The van der Waals surface area contributed by atoms with E-state index in [2.05, 4.69) is 20.6 Å². The van der Waals surface area contributed by atoms with Gasteiger partial charge in [-0.2, -0.15) is 0 Å². The predicted octanol–water partition coefficient (Wildman–Crippen LogP) is 4.54. The number of hydrogen-bond acceptors (Lipinski definition) is 8. The van der Waals surface area contributed by atoms with Crippen LogP contribution in [0.2, 0.25) is 0 Å². The smallest absolute Gasteiger partial charge is 0.261 e. The second-order valence-corrected chi connectivity index (χ2v) is 9.19. The summed E-state index contributed by atoms with van der Waals surface area (Å²) in [5, 5.41) is 6.71. The van der Waals surface area contributed by atoms with Gasteiger partial charge in [-0.3, -0.25) is 4.79 Å². The maximum Gasteiger partial charge on any atom is 0.261 e. The number of aryl methyl sites for hydroxylation is 1. The number of benzene rings is 1. The normalized spacial score (nSPS) is 18.0. The Labute approximate surface area is 200 Å². The maximum absolute atomic E-state index is 14.1. The van der Waals surface area contributed by atoms with Crippen molar-refractivity contribution in [3.63, 3.8) is 0 Å². The molecule has 10 heteroatoms. The molecule has 0 radical (unpaired) electrons. The van der Waals surface area contributed by atoms with Crippen LogP contribution in [-0.2, 0) is 9.53 Å². The van der Waals surface area contributed by atoms with Crippen LogP contribution in [-0.4, -0.2) is 48.0 Å². The van der Waals surface area contributed by atoms with E-state index in [4.69, 9.17) is 9.47 Å². The topological polar surface area (TPSA) is 102 Å². The minimum absolute atomic E-state index is 0.0243. The van der Waals surface area contributed by atoms with Crippen molar-refractivity contribution in [1.82, 2.24) is 15.3 Å². The number of aromatic nitrogens is 2.